The number of carbonyl (C=O) groups is 1. The molecule has 0 aromatic heterocycles. The summed E-state index contributed by atoms with van der Waals surface area (Å²) in [6.45, 7) is 0.498. The average molecular weight is 261 g/mol. The van der Waals surface area contributed by atoms with Crippen LogP contribution in [0, 0.1) is 5.92 Å². The van der Waals surface area contributed by atoms with E-state index >= 15 is 0 Å². The highest BCUT2D eigenvalue weighted by atomic mass is 16.5. The zero-order valence-corrected chi connectivity index (χ0v) is 11.9. The Labute approximate surface area is 115 Å². The molecule has 0 radical (unpaired) electrons. The smallest absolute Gasteiger partial charge is 0.155 e. The minimum atomic E-state index is 0.279. The first-order valence-electron chi connectivity index (χ1n) is 7.08. The molecule has 104 valence electrons. The van der Waals surface area contributed by atoms with Gasteiger partial charge in [-0.15, -0.1) is 0 Å². The molecule has 1 aromatic carbocycles. The van der Waals surface area contributed by atoms with Crippen molar-refractivity contribution in [1.82, 2.24) is 0 Å². The first kappa shape index (κ1) is 13.9. The van der Waals surface area contributed by atoms with E-state index in [0.29, 0.717) is 12.3 Å². The summed E-state index contributed by atoms with van der Waals surface area (Å²) in [5.74, 6) is 1.49. The summed E-state index contributed by atoms with van der Waals surface area (Å²) in [6.07, 6.45) is 5.85. The molecule has 0 unspecified atom stereocenters. The van der Waals surface area contributed by atoms with Crippen LogP contribution < -0.4 is 9.64 Å². The molecule has 3 nitrogen and oxygen atoms in total. The monoisotopic (exact) mass is 261 g/mol. The number of ether oxygens (including phenoxy) is 1. The van der Waals surface area contributed by atoms with Gasteiger partial charge in [0, 0.05) is 24.7 Å². The Hall–Kier alpha value is -1.51. The molecule has 0 spiro atoms. The minimum absolute atomic E-state index is 0.279. The van der Waals surface area contributed by atoms with Gasteiger partial charge in [-0.25, -0.2) is 0 Å². The van der Waals surface area contributed by atoms with E-state index in [4.69, 9.17) is 4.74 Å². The average Bonchev–Trinajstić information content (AvgIpc) is 2.48. The largest absolute Gasteiger partial charge is 0.497 e. The Morgan fingerprint density at radius 2 is 2.05 bits per heavy atom. The van der Waals surface area contributed by atoms with E-state index in [-0.39, 0.29) is 5.92 Å². The first-order chi connectivity index (χ1) is 9.20. The van der Waals surface area contributed by atoms with Crippen molar-refractivity contribution in [2.75, 3.05) is 25.6 Å². The van der Waals surface area contributed by atoms with Crippen molar-refractivity contribution in [2.45, 2.75) is 32.1 Å². The number of benzene rings is 1. The van der Waals surface area contributed by atoms with Crippen LogP contribution in [0.25, 0.3) is 0 Å². The Morgan fingerprint density at radius 1 is 1.32 bits per heavy atom. The molecule has 1 fully saturated rings. The lowest BCUT2D eigenvalue weighted by Crippen LogP contribution is -2.31. The lowest BCUT2D eigenvalue weighted by Gasteiger charge is -2.24. The van der Waals surface area contributed by atoms with Gasteiger partial charge >= 0.3 is 0 Å². The van der Waals surface area contributed by atoms with Crippen molar-refractivity contribution in [1.29, 1.82) is 0 Å². The van der Waals surface area contributed by atoms with Gasteiger partial charge in [-0.2, -0.15) is 0 Å². The van der Waals surface area contributed by atoms with Crippen LogP contribution in [0.1, 0.15) is 32.1 Å². The highest BCUT2D eigenvalue weighted by Crippen LogP contribution is 2.25. The molecule has 1 aliphatic rings. The predicted octanol–water partition coefficient (Wildman–Crippen LogP) is 3.28. The van der Waals surface area contributed by atoms with E-state index in [1.165, 1.54) is 19.3 Å². The zero-order chi connectivity index (χ0) is 13.7. The maximum atomic E-state index is 12.3. The van der Waals surface area contributed by atoms with Crippen molar-refractivity contribution >= 4 is 11.5 Å². The second kappa shape index (κ2) is 6.60. The molecule has 1 saturated carbocycles. The van der Waals surface area contributed by atoms with Gasteiger partial charge in [0.05, 0.1) is 13.7 Å². The zero-order valence-electron chi connectivity index (χ0n) is 11.9. The lowest BCUT2D eigenvalue weighted by molar-refractivity contribution is -0.122. The molecule has 0 saturated heterocycles. The molecular weight excluding hydrogens is 238 g/mol. The predicted molar refractivity (Wildman–Crippen MR) is 77.8 cm³/mol. The summed E-state index contributed by atoms with van der Waals surface area (Å²) in [5.41, 5.74) is 1.03. The Morgan fingerprint density at radius 3 is 2.74 bits per heavy atom. The molecule has 1 aliphatic carbocycles. The van der Waals surface area contributed by atoms with E-state index in [2.05, 4.69) is 0 Å². The molecule has 0 N–H and O–H groups in total. The van der Waals surface area contributed by atoms with E-state index in [0.717, 1.165) is 24.3 Å². The third-order valence-electron chi connectivity index (χ3n) is 3.95. The molecule has 0 atom stereocenters. The summed E-state index contributed by atoms with van der Waals surface area (Å²) in [4.78, 5) is 14.3. The quantitative estimate of drug-likeness (QED) is 0.814. The number of carbonyl (C=O) groups excluding carboxylic acids is 1. The molecule has 0 bridgehead atoms. The molecule has 3 heteroatoms. The van der Waals surface area contributed by atoms with Crippen LogP contribution >= 0.6 is 0 Å². The molecule has 1 aromatic rings. The molecular formula is C16H23NO2. The van der Waals surface area contributed by atoms with Gasteiger partial charge in [0.25, 0.3) is 0 Å². The number of nitrogens with zero attached hydrogens (tertiary/aromatic N) is 1. The standard InChI is InChI=1S/C16H23NO2/c1-17(14-9-6-10-15(11-14)19-2)12-16(18)13-7-4-3-5-8-13/h6,9-11,13H,3-5,7-8,12H2,1-2H3. The number of hydrogen-bond acceptors (Lipinski definition) is 3. The summed E-state index contributed by atoms with van der Waals surface area (Å²) in [7, 11) is 3.63. The van der Waals surface area contributed by atoms with Crippen LogP contribution in [0.15, 0.2) is 24.3 Å². The summed E-state index contributed by atoms with van der Waals surface area (Å²) in [6, 6.07) is 7.85. The van der Waals surface area contributed by atoms with Crippen molar-refractivity contribution in [2.24, 2.45) is 5.92 Å². The van der Waals surface area contributed by atoms with Crippen molar-refractivity contribution in [3.63, 3.8) is 0 Å². The van der Waals surface area contributed by atoms with Gasteiger partial charge in [0.15, 0.2) is 5.78 Å². The second-order valence-corrected chi connectivity index (χ2v) is 5.36. The third kappa shape index (κ3) is 3.72. The van der Waals surface area contributed by atoms with Crippen LogP contribution in [-0.2, 0) is 4.79 Å². The Kier molecular flexibility index (Phi) is 4.83. The Bertz CT molecular complexity index is 425. The van der Waals surface area contributed by atoms with E-state index in [1.807, 2.05) is 36.2 Å². The van der Waals surface area contributed by atoms with Crippen molar-refractivity contribution < 1.29 is 9.53 Å². The topological polar surface area (TPSA) is 29.5 Å². The maximum Gasteiger partial charge on any atom is 0.155 e. The summed E-state index contributed by atoms with van der Waals surface area (Å²) in [5, 5.41) is 0. The first-order valence-corrected chi connectivity index (χ1v) is 7.08. The third-order valence-corrected chi connectivity index (χ3v) is 3.95. The van der Waals surface area contributed by atoms with E-state index < -0.39 is 0 Å². The highest BCUT2D eigenvalue weighted by molar-refractivity contribution is 5.85. The van der Waals surface area contributed by atoms with E-state index in [1.54, 1.807) is 7.11 Å². The summed E-state index contributed by atoms with van der Waals surface area (Å²) < 4.78 is 5.21. The van der Waals surface area contributed by atoms with Crippen molar-refractivity contribution in [3.8, 4) is 5.75 Å². The number of ketones is 1. The highest BCUT2D eigenvalue weighted by Gasteiger charge is 2.22. The van der Waals surface area contributed by atoms with Crippen molar-refractivity contribution in [3.05, 3.63) is 24.3 Å². The number of hydrogen-bond donors (Lipinski definition) is 0. The van der Waals surface area contributed by atoms with Crippen LogP contribution in [0.4, 0.5) is 5.69 Å². The number of likely N-dealkylation sites (N-methyl/N-ethyl adjacent to an activating group) is 1. The van der Waals surface area contributed by atoms with E-state index in [9.17, 15) is 4.79 Å². The normalized spacial score (nSPS) is 16.1. The number of rotatable bonds is 5. The number of Topliss-reactive ketones (excluding diaryl/α,β-unsaturated/α-hetero) is 1. The Balaban J connectivity index is 1.95. The molecule has 19 heavy (non-hydrogen) atoms. The fraction of sp³-hybridized carbons (Fsp3) is 0.562. The molecule has 0 amide bonds. The van der Waals surface area contributed by atoms with Crippen LogP contribution in [-0.4, -0.2) is 26.5 Å². The van der Waals surface area contributed by atoms with Gasteiger partial charge in [0.2, 0.25) is 0 Å². The van der Waals surface area contributed by atoms with Crippen LogP contribution in [0.5, 0.6) is 5.75 Å². The van der Waals surface area contributed by atoms with Gasteiger partial charge in [-0.1, -0.05) is 25.3 Å². The number of anilines is 1. The van der Waals surface area contributed by atoms with Gasteiger partial charge in [-0.3, -0.25) is 4.79 Å². The lowest BCUT2D eigenvalue weighted by atomic mass is 9.86. The second-order valence-electron chi connectivity index (χ2n) is 5.36. The molecule has 0 aliphatic heterocycles. The SMILES string of the molecule is COc1cccc(N(C)CC(=O)C2CCCCC2)c1. The molecule has 0 heterocycles. The van der Waals surface area contributed by atoms with Crippen LogP contribution in [0.3, 0.4) is 0 Å². The number of methoxy groups -OCH3 is 1. The minimum Gasteiger partial charge on any atom is -0.497 e. The van der Waals surface area contributed by atoms with Gasteiger partial charge in [0.1, 0.15) is 5.75 Å². The fourth-order valence-electron chi connectivity index (χ4n) is 2.73. The summed E-state index contributed by atoms with van der Waals surface area (Å²) >= 11 is 0. The molecule has 2 rings (SSSR count). The van der Waals surface area contributed by atoms with Gasteiger partial charge in [-0.05, 0) is 25.0 Å². The van der Waals surface area contributed by atoms with Crippen LogP contribution in [0.2, 0.25) is 0 Å². The maximum absolute atomic E-state index is 12.3. The van der Waals surface area contributed by atoms with Gasteiger partial charge < -0.3 is 9.64 Å². The fourth-order valence-corrected chi connectivity index (χ4v) is 2.73.